The lowest BCUT2D eigenvalue weighted by atomic mass is 9.98. The van der Waals surface area contributed by atoms with Gasteiger partial charge in [-0.1, -0.05) is 0 Å². The van der Waals surface area contributed by atoms with Crippen molar-refractivity contribution in [3.8, 4) is 0 Å². The van der Waals surface area contributed by atoms with Gasteiger partial charge in [-0.15, -0.1) is 10.2 Å². The molecule has 2 aliphatic heterocycles. The summed E-state index contributed by atoms with van der Waals surface area (Å²) in [5.41, 5.74) is 0. The standard InChI is InChI=1S/C13H22N4O3S/c1-21(18,19)17-7-4-10(5-8-17)12-15-16-13(20-12)11-3-2-6-14-9-11/h10-11,14H,2-9H2,1H3. The number of rotatable bonds is 3. The van der Waals surface area contributed by atoms with Gasteiger partial charge in [-0.05, 0) is 32.2 Å². The molecule has 0 spiro atoms. The van der Waals surface area contributed by atoms with Crippen molar-refractivity contribution in [2.24, 2.45) is 0 Å². The van der Waals surface area contributed by atoms with Gasteiger partial charge < -0.3 is 9.73 Å². The number of sulfonamides is 1. The van der Waals surface area contributed by atoms with E-state index in [1.54, 1.807) is 0 Å². The van der Waals surface area contributed by atoms with Crippen molar-refractivity contribution in [3.05, 3.63) is 11.8 Å². The molecule has 0 amide bonds. The summed E-state index contributed by atoms with van der Waals surface area (Å²) in [7, 11) is -3.08. The minimum Gasteiger partial charge on any atom is -0.425 e. The maximum absolute atomic E-state index is 11.5. The molecule has 3 heterocycles. The van der Waals surface area contributed by atoms with Crippen molar-refractivity contribution in [2.75, 3.05) is 32.4 Å². The van der Waals surface area contributed by atoms with Gasteiger partial charge in [0.25, 0.3) is 0 Å². The number of piperidine rings is 2. The van der Waals surface area contributed by atoms with Crippen LogP contribution in [0.25, 0.3) is 0 Å². The van der Waals surface area contributed by atoms with Crippen LogP contribution in [0, 0.1) is 0 Å². The van der Waals surface area contributed by atoms with Crippen LogP contribution in [-0.2, 0) is 10.0 Å². The maximum Gasteiger partial charge on any atom is 0.220 e. The van der Waals surface area contributed by atoms with E-state index in [-0.39, 0.29) is 5.92 Å². The molecule has 118 valence electrons. The Balaban J connectivity index is 1.62. The van der Waals surface area contributed by atoms with Crippen LogP contribution < -0.4 is 5.32 Å². The maximum atomic E-state index is 11.5. The van der Waals surface area contributed by atoms with Gasteiger partial charge in [-0.3, -0.25) is 0 Å². The second kappa shape index (κ2) is 6.02. The Hall–Kier alpha value is -0.990. The summed E-state index contributed by atoms with van der Waals surface area (Å²) in [5, 5.41) is 11.7. The first-order valence-electron chi connectivity index (χ1n) is 7.53. The van der Waals surface area contributed by atoms with E-state index in [2.05, 4.69) is 15.5 Å². The summed E-state index contributed by atoms with van der Waals surface area (Å²) in [6, 6.07) is 0. The van der Waals surface area contributed by atoms with E-state index >= 15 is 0 Å². The normalized spacial score (nSPS) is 26.0. The first kappa shape index (κ1) is 14.9. The highest BCUT2D eigenvalue weighted by atomic mass is 32.2. The third kappa shape index (κ3) is 3.44. The van der Waals surface area contributed by atoms with Crippen LogP contribution in [0.5, 0.6) is 0 Å². The molecule has 0 aromatic carbocycles. The van der Waals surface area contributed by atoms with Crippen LogP contribution in [-0.4, -0.2) is 55.4 Å². The van der Waals surface area contributed by atoms with Crippen LogP contribution in [0.15, 0.2) is 4.42 Å². The van der Waals surface area contributed by atoms with Gasteiger partial charge in [0.15, 0.2) is 0 Å². The summed E-state index contributed by atoms with van der Waals surface area (Å²) in [6.45, 7) is 3.02. The third-order valence-corrected chi connectivity index (χ3v) is 5.68. The van der Waals surface area contributed by atoms with Gasteiger partial charge >= 0.3 is 0 Å². The summed E-state index contributed by atoms with van der Waals surface area (Å²) < 4.78 is 30.4. The molecule has 1 atom stereocenters. The lowest BCUT2D eigenvalue weighted by Crippen LogP contribution is -2.37. The summed E-state index contributed by atoms with van der Waals surface area (Å²) >= 11 is 0. The molecule has 2 saturated heterocycles. The molecule has 1 aromatic heterocycles. The number of nitrogens with zero attached hydrogens (tertiary/aromatic N) is 3. The second-order valence-electron chi connectivity index (χ2n) is 5.96. The van der Waals surface area contributed by atoms with E-state index in [1.807, 2.05) is 0 Å². The zero-order chi connectivity index (χ0) is 14.9. The van der Waals surface area contributed by atoms with Crippen molar-refractivity contribution >= 4 is 10.0 Å². The molecule has 0 bridgehead atoms. The van der Waals surface area contributed by atoms with E-state index in [9.17, 15) is 8.42 Å². The molecule has 0 radical (unpaired) electrons. The molecule has 21 heavy (non-hydrogen) atoms. The average Bonchev–Trinajstić information content (AvgIpc) is 2.97. The second-order valence-corrected chi connectivity index (χ2v) is 7.94. The van der Waals surface area contributed by atoms with Crippen molar-refractivity contribution in [2.45, 2.75) is 37.5 Å². The Bertz CT molecular complexity index is 572. The Labute approximate surface area is 125 Å². The molecule has 0 saturated carbocycles. The van der Waals surface area contributed by atoms with Crippen molar-refractivity contribution in [1.82, 2.24) is 19.8 Å². The highest BCUT2D eigenvalue weighted by Gasteiger charge is 2.30. The van der Waals surface area contributed by atoms with E-state index in [1.165, 1.54) is 10.6 Å². The largest absolute Gasteiger partial charge is 0.425 e. The minimum atomic E-state index is -3.08. The third-order valence-electron chi connectivity index (χ3n) is 4.37. The van der Waals surface area contributed by atoms with Gasteiger partial charge in [-0.25, -0.2) is 12.7 Å². The number of hydrogen-bond acceptors (Lipinski definition) is 6. The van der Waals surface area contributed by atoms with Gasteiger partial charge in [0.05, 0.1) is 6.26 Å². The predicted molar refractivity (Wildman–Crippen MR) is 77.5 cm³/mol. The fourth-order valence-electron chi connectivity index (χ4n) is 3.07. The number of hydrogen-bond donors (Lipinski definition) is 1. The van der Waals surface area contributed by atoms with Gasteiger partial charge in [0, 0.05) is 31.5 Å². The highest BCUT2D eigenvalue weighted by molar-refractivity contribution is 7.88. The van der Waals surface area contributed by atoms with Crippen molar-refractivity contribution < 1.29 is 12.8 Å². The lowest BCUT2D eigenvalue weighted by Gasteiger charge is -2.28. The van der Waals surface area contributed by atoms with Crippen LogP contribution in [0.1, 0.15) is 49.3 Å². The molecule has 0 aliphatic carbocycles. The molecule has 2 aliphatic rings. The summed E-state index contributed by atoms with van der Waals surface area (Å²) in [5.74, 6) is 1.89. The molecule has 1 aromatic rings. The topological polar surface area (TPSA) is 88.3 Å². The Morgan fingerprint density at radius 3 is 2.38 bits per heavy atom. The first-order valence-corrected chi connectivity index (χ1v) is 9.38. The zero-order valence-corrected chi connectivity index (χ0v) is 13.1. The van der Waals surface area contributed by atoms with Crippen molar-refractivity contribution in [3.63, 3.8) is 0 Å². The first-order chi connectivity index (χ1) is 10.0. The SMILES string of the molecule is CS(=O)(=O)N1CCC(c2nnc(C3CCCNC3)o2)CC1. The molecule has 1 N–H and O–H groups in total. The van der Waals surface area contributed by atoms with Crippen molar-refractivity contribution in [1.29, 1.82) is 0 Å². The van der Waals surface area contributed by atoms with Crippen LogP contribution >= 0.6 is 0 Å². The Kier molecular flexibility index (Phi) is 4.28. The van der Waals surface area contributed by atoms with Gasteiger partial charge in [0.2, 0.25) is 21.8 Å². The Morgan fingerprint density at radius 2 is 1.81 bits per heavy atom. The van der Waals surface area contributed by atoms with E-state index < -0.39 is 10.0 Å². The highest BCUT2D eigenvalue weighted by Crippen LogP contribution is 2.30. The molecule has 1 unspecified atom stereocenters. The molecular formula is C13H22N4O3S. The van der Waals surface area contributed by atoms with E-state index in [0.717, 1.165) is 44.7 Å². The molecule has 7 nitrogen and oxygen atoms in total. The van der Waals surface area contributed by atoms with Crippen LogP contribution in [0.3, 0.4) is 0 Å². The van der Waals surface area contributed by atoms with Gasteiger partial charge in [-0.2, -0.15) is 0 Å². The quantitative estimate of drug-likeness (QED) is 0.882. The fraction of sp³-hybridized carbons (Fsp3) is 0.846. The monoisotopic (exact) mass is 314 g/mol. The molecule has 8 heteroatoms. The Morgan fingerprint density at radius 1 is 1.14 bits per heavy atom. The average molecular weight is 314 g/mol. The smallest absolute Gasteiger partial charge is 0.220 e. The van der Waals surface area contributed by atoms with Crippen LogP contribution in [0.4, 0.5) is 0 Å². The molecule has 2 fully saturated rings. The van der Waals surface area contributed by atoms with E-state index in [0.29, 0.717) is 24.9 Å². The number of nitrogens with one attached hydrogen (secondary N) is 1. The zero-order valence-electron chi connectivity index (χ0n) is 12.3. The molecular weight excluding hydrogens is 292 g/mol. The van der Waals surface area contributed by atoms with Gasteiger partial charge in [0.1, 0.15) is 0 Å². The predicted octanol–water partition coefficient (Wildman–Crippen LogP) is 0.676. The summed E-state index contributed by atoms with van der Waals surface area (Å²) in [6.07, 6.45) is 4.97. The minimum absolute atomic E-state index is 0.181. The van der Waals surface area contributed by atoms with E-state index in [4.69, 9.17) is 4.42 Å². The number of aromatic nitrogens is 2. The molecule has 3 rings (SSSR count). The lowest BCUT2D eigenvalue weighted by molar-refractivity contribution is 0.280. The fourth-order valence-corrected chi connectivity index (χ4v) is 3.95. The van der Waals surface area contributed by atoms with Crippen LogP contribution in [0.2, 0.25) is 0 Å². The summed E-state index contributed by atoms with van der Waals surface area (Å²) in [4.78, 5) is 0.